The molecule has 110 valence electrons. The van der Waals surface area contributed by atoms with E-state index in [9.17, 15) is 20.0 Å². The van der Waals surface area contributed by atoms with Crippen LogP contribution in [0.3, 0.4) is 0 Å². The summed E-state index contributed by atoms with van der Waals surface area (Å²) in [6, 6.07) is 4.07. The zero-order chi connectivity index (χ0) is 15.3. The summed E-state index contributed by atoms with van der Waals surface area (Å²) in [4.78, 5) is 21.0. The van der Waals surface area contributed by atoms with E-state index >= 15 is 0 Å². The Balaban J connectivity index is 2.94. The van der Waals surface area contributed by atoms with Crippen molar-refractivity contribution in [3.63, 3.8) is 0 Å². The van der Waals surface area contributed by atoms with Gasteiger partial charge in [0.15, 0.2) is 5.60 Å². The van der Waals surface area contributed by atoms with E-state index < -0.39 is 16.5 Å². The number of hydrogen-bond donors (Lipinski definition) is 3. The van der Waals surface area contributed by atoms with Crippen LogP contribution in [-0.4, -0.2) is 40.4 Å². The molecule has 8 heteroatoms. The lowest BCUT2D eigenvalue weighted by Gasteiger charge is -2.20. The van der Waals surface area contributed by atoms with Crippen LogP contribution < -0.4 is 5.32 Å². The van der Waals surface area contributed by atoms with Gasteiger partial charge in [-0.25, -0.2) is 4.79 Å². The van der Waals surface area contributed by atoms with Gasteiger partial charge in [-0.1, -0.05) is 0 Å². The zero-order valence-corrected chi connectivity index (χ0v) is 11.1. The van der Waals surface area contributed by atoms with Gasteiger partial charge in [0.25, 0.3) is 5.69 Å². The smallest absolute Gasteiger partial charge is 0.337 e. The number of non-ortho nitro benzene ring substituents is 1. The number of ether oxygens (including phenoxy) is 1. The maximum Gasteiger partial charge on any atom is 0.337 e. The number of hydrogen-bond acceptors (Lipinski definition) is 6. The quantitative estimate of drug-likeness (QED) is 0.504. The summed E-state index contributed by atoms with van der Waals surface area (Å²) in [5.41, 5.74) is -1.05. The summed E-state index contributed by atoms with van der Waals surface area (Å²) < 4.78 is 4.94. The molecule has 1 aromatic rings. The Bertz CT molecular complexity index is 515. The molecule has 0 saturated heterocycles. The third kappa shape index (κ3) is 3.90. The molecule has 0 spiro atoms. The minimum atomic E-state index is -1.94. The molecule has 0 aliphatic heterocycles. The molecular formula is C12H16N2O6. The fraction of sp³-hybridized carbons (Fsp3) is 0.417. The van der Waals surface area contributed by atoms with Crippen molar-refractivity contribution in [3.8, 4) is 0 Å². The number of anilines is 1. The molecule has 0 saturated carbocycles. The molecule has 0 amide bonds. The van der Waals surface area contributed by atoms with E-state index in [-0.39, 0.29) is 18.8 Å². The van der Waals surface area contributed by atoms with Gasteiger partial charge in [0.1, 0.15) is 0 Å². The number of nitrogens with one attached hydrogen (secondary N) is 1. The molecule has 1 atom stereocenters. The normalized spacial score (nSPS) is 13.6. The first-order valence-corrected chi connectivity index (χ1v) is 5.74. The number of benzene rings is 1. The van der Waals surface area contributed by atoms with E-state index in [1.165, 1.54) is 25.3 Å². The molecule has 0 fully saturated rings. The zero-order valence-electron chi connectivity index (χ0n) is 11.1. The van der Waals surface area contributed by atoms with Crippen molar-refractivity contribution in [2.75, 3.05) is 19.0 Å². The molecule has 0 radical (unpaired) electrons. The topological polar surface area (TPSA) is 122 Å². The van der Waals surface area contributed by atoms with Gasteiger partial charge >= 0.3 is 5.97 Å². The average molecular weight is 284 g/mol. The second kappa shape index (κ2) is 6.31. The number of nitro groups is 1. The van der Waals surface area contributed by atoms with Crippen molar-refractivity contribution in [2.24, 2.45) is 0 Å². The van der Waals surface area contributed by atoms with Gasteiger partial charge < -0.3 is 20.3 Å². The molecule has 20 heavy (non-hydrogen) atoms. The van der Waals surface area contributed by atoms with Crippen LogP contribution in [0.1, 0.15) is 12.5 Å². The average Bonchev–Trinajstić information content (AvgIpc) is 2.37. The first-order chi connectivity index (χ1) is 9.27. The van der Waals surface area contributed by atoms with E-state index in [1.807, 2.05) is 0 Å². The van der Waals surface area contributed by atoms with E-state index in [2.05, 4.69) is 5.32 Å². The van der Waals surface area contributed by atoms with Crippen molar-refractivity contribution in [1.29, 1.82) is 0 Å². The summed E-state index contributed by atoms with van der Waals surface area (Å²) in [7, 11) is 1.44. The number of aliphatic carboxylic acids is 1. The molecule has 0 aromatic heterocycles. The Morgan fingerprint density at radius 3 is 2.70 bits per heavy atom. The van der Waals surface area contributed by atoms with Crippen LogP contribution in [-0.2, 0) is 16.1 Å². The molecule has 1 unspecified atom stereocenters. The number of rotatable bonds is 7. The second-order valence-corrected chi connectivity index (χ2v) is 4.46. The first kappa shape index (κ1) is 15.9. The van der Waals surface area contributed by atoms with Crippen LogP contribution in [0.25, 0.3) is 0 Å². The van der Waals surface area contributed by atoms with Crippen LogP contribution in [0, 0.1) is 10.1 Å². The van der Waals surface area contributed by atoms with Crippen LogP contribution in [0.2, 0.25) is 0 Å². The van der Waals surface area contributed by atoms with E-state index in [0.717, 1.165) is 6.92 Å². The summed E-state index contributed by atoms with van der Waals surface area (Å²) in [5.74, 6) is -1.36. The second-order valence-electron chi connectivity index (χ2n) is 4.46. The fourth-order valence-corrected chi connectivity index (χ4v) is 1.48. The molecular weight excluding hydrogens is 268 g/mol. The highest BCUT2D eigenvalue weighted by Crippen LogP contribution is 2.23. The third-order valence-corrected chi connectivity index (χ3v) is 2.68. The Morgan fingerprint density at radius 1 is 1.55 bits per heavy atom. The molecule has 3 N–H and O–H groups in total. The highest BCUT2D eigenvalue weighted by molar-refractivity contribution is 5.77. The van der Waals surface area contributed by atoms with Crippen molar-refractivity contribution in [1.82, 2.24) is 0 Å². The molecule has 1 rings (SSSR count). The number of carboxylic acids is 1. The van der Waals surface area contributed by atoms with Crippen molar-refractivity contribution in [3.05, 3.63) is 33.9 Å². The summed E-state index contributed by atoms with van der Waals surface area (Å²) in [6.45, 7) is 1.04. The summed E-state index contributed by atoms with van der Waals surface area (Å²) in [6.07, 6.45) is 0. The number of carbonyl (C=O) groups is 1. The Labute approximate surface area is 115 Å². The summed E-state index contributed by atoms with van der Waals surface area (Å²) >= 11 is 0. The van der Waals surface area contributed by atoms with Crippen LogP contribution in [0.5, 0.6) is 0 Å². The number of aliphatic hydroxyl groups is 1. The number of methoxy groups -OCH3 is 1. The van der Waals surface area contributed by atoms with Gasteiger partial charge in [-0.2, -0.15) is 0 Å². The fourth-order valence-electron chi connectivity index (χ4n) is 1.48. The van der Waals surface area contributed by atoms with Crippen LogP contribution in [0.15, 0.2) is 18.2 Å². The van der Waals surface area contributed by atoms with Crippen molar-refractivity contribution < 1.29 is 24.7 Å². The Morgan fingerprint density at radius 2 is 2.20 bits per heavy atom. The largest absolute Gasteiger partial charge is 0.479 e. The predicted octanol–water partition coefficient (Wildman–Crippen LogP) is 0.989. The molecule has 1 aromatic carbocycles. The first-order valence-electron chi connectivity index (χ1n) is 5.74. The Hall–Kier alpha value is -2.19. The molecule has 0 heterocycles. The number of nitro benzene ring substituents is 1. The maximum absolute atomic E-state index is 10.8. The van der Waals surface area contributed by atoms with Gasteiger partial charge in [0.05, 0.1) is 18.1 Å². The van der Waals surface area contributed by atoms with Crippen LogP contribution in [0.4, 0.5) is 11.4 Å². The van der Waals surface area contributed by atoms with E-state index in [4.69, 9.17) is 9.84 Å². The lowest BCUT2D eigenvalue weighted by Crippen LogP contribution is -2.41. The SMILES string of the molecule is COCc1cc([N+](=O)[O-])ccc1NCC(C)(O)C(=O)O. The maximum atomic E-state index is 10.8. The highest BCUT2D eigenvalue weighted by atomic mass is 16.6. The molecule has 0 bridgehead atoms. The van der Waals surface area contributed by atoms with Gasteiger partial charge in [0.2, 0.25) is 0 Å². The van der Waals surface area contributed by atoms with Gasteiger partial charge in [-0.15, -0.1) is 0 Å². The minimum absolute atomic E-state index is 0.0902. The highest BCUT2D eigenvalue weighted by Gasteiger charge is 2.29. The molecule has 0 aliphatic rings. The minimum Gasteiger partial charge on any atom is -0.479 e. The molecule has 0 aliphatic carbocycles. The van der Waals surface area contributed by atoms with Gasteiger partial charge in [0, 0.05) is 30.5 Å². The van der Waals surface area contributed by atoms with Gasteiger partial charge in [-0.3, -0.25) is 10.1 Å². The third-order valence-electron chi connectivity index (χ3n) is 2.68. The standard InChI is InChI=1S/C12H16N2O6/c1-12(17,11(15)16)7-13-10-4-3-9(14(18)19)5-8(10)6-20-2/h3-5,13,17H,6-7H2,1-2H3,(H,15,16). The van der Waals surface area contributed by atoms with E-state index in [0.29, 0.717) is 11.3 Å². The number of carboxylic acid groups (broad SMARTS) is 1. The monoisotopic (exact) mass is 284 g/mol. The van der Waals surface area contributed by atoms with E-state index in [1.54, 1.807) is 0 Å². The lowest BCUT2D eigenvalue weighted by atomic mass is 10.1. The Kier molecular flexibility index (Phi) is 5.00. The van der Waals surface area contributed by atoms with Crippen LogP contribution >= 0.6 is 0 Å². The summed E-state index contributed by atoms with van der Waals surface area (Å²) in [5, 5.41) is 31.9. The predicted molar refractivity (Wildman–Crippen MR) is 70.6 cm³/mol. The van der Waals surface area contributed by atoms with Crippen molar-refractivity contribution >= 4 is 17.3 Å². The van der Waals surface area contributed by atoms with Gasteiger partial charge in [-0.05, 0) is 13.0 Å². The lowest BCUT2D eigenvalue weighted by molar-refractivity contribution is -0.384. The number of nitrogens with zero attached hydrogens (tertiary/aromatic N) is 1. The molecule has 8 nitrogen and oxygen atoms in total. The van der Waals surface area contributed by atoms with Crippen molar-refractivity contribution in [2.45, 2.75) is 19.1 Å².